The first-order chi connectivity index (χ1) is 14.6. The van der Waals surface area contributed by atoms with Gasteiger partial charge >= 0.3 is 0 Å². The van der Waals surface area contributed by atoms with Crippen molar-refractivity contribution in [1.82, 2.24) is 24.9 Å². The van der Waals surface area contributed by atoms with Crippen molar-refractivity contribution in [2.24, 2.45) is 0 Å². The second-order valence-corrected chi connectivity index (χ2v) is 10.0. The molecular weight excluding hydrogens is 414 g/mol. The molecule has 3 aromatic heterocycles. The fraction of sp³-hybridized carbons (Fsp3) is 0.364. The average Bonchev–Trinajstić information content (AvgIpc) is 3.34. The molecule has 6 nitrogen and oxygen atoms in total. The van der Waals surface area contributed by atoms with Gasteiger partial charge in [-0.2, -0.15) is 0 Å². The van der Waals surface area contributed by atoms with Gasteiger partial charge in [0.2, 0.25) is 5.91 Å². The van der Waals surface area contributed by atoms with Crippen LogP contribution in [-0.4, -0.2) is 30.7 Å². The quantitative estimate of drug-likeness (QED) is 0.471. The molecule has 154 valence electrons. The minimum absolute atomic E-state index is 0.0137. The molecule has 1 N–H and O–H groups in total. The number of hydrogen-bond donors (Lipinski definition) is 1. The number of nitrogens with one attached hydrogen (secondary N) is 1. The Labute approximate surface area is 183 Å². The van der Waals surface area contributed by atoms with Gasteiger partial charge in [0.25, 0.3) is 0 Å². The summed E-state index contributed by atoms with van der Waals surface area (Å²) in [5, 5.41) is 13.6. The number of amides is 1. The van der Waals surface area contributed by atoms with Crippen LogP contribution >= 0.6 is 23.1 Å². The summed E-state index contributed by atoms with van der Waals surface area (Å²) in [7, 11) is 0. The lowest BCUT2D eigenvalue weighted by molar-refractivity contribution is -0.120. The van der Waals surface area contributed by atoms with Crippen molar-refractivity contribution in [2.75, 3.05) is 0 Å². The van der Waals surface area contributed by atoms with Crippen molar-refractivity contribution < 1.29 is 4.79 Å². The SMILES string of the molecule is Cc1nc2sc3c(c2c2nnc(S[C@H](C)C(=O)NCc4ccccc4)n12)CCCC3. The van der Waals surface area contributed by atoms with Crippen LogP contribution in [0.15, 0.2) is 35.5 Å². The molecule has 30 heavy (non-hydrogen) atoms. The molecule has 4 aromatic rings. The van der Waals surface area contributed by atoms with Gasteiger partial charge in [0.05, 0.1) is 10.6 Å². The van der Waals surface area contributed by atoms with Crippen LogP contribution in [0.2, 0.25) is 0 Å². The Morgan fingerprint density at radius 3 is 2.87 bits per heavy atom. The van der Waals surface area contributed by atoms with Gasteiger partial charge < -0.3 is 5.32 Å². The third-order valence-electron chi connectivity index (χ3n) is 5.56. The Balaban J connectivity index is 1.41. The van der Waals surface area contributed by atoms with Crippen LogP contribution in [0.4, 0.5) is 0 Å². The van der Waals surface area contributed by atoms with Gasteiger partial charge in [0.1, 0.15) is 10.7 Å². The van der Waals surface area contributed by atoms with Crippen LogP contribution in [0.25, 0.3) is 15.9 Å². The number of benzene rings is 1. The summed E-state index contributed by atoms with van der Waals surface area (Å²) in [6.45, 7) is 4.41. The van der Waals surface area contributed by atoms with Crippen molar-refractivity contribution in [2.45, 2.75) is 56.5 Å². The number of carbonyl (C=O) groups is 1. The average molecular weight is 438 g/mol. The van der Waals surface area contributed by atoms with E-state index in [4.69, 9.17) is 4.98 Å². The highest BCUT2D eigenvalue weighted by Crippen LogP contribution is 2.38. The van der Waals surface area contributed by atoms with E-state index >= 15 is 0 Å². The fourth-order valence-corrected chi connectivity index (χ4v) is 6.22. The normalized spacial score (nSPS) is 14.7. The van der Waals surface area contributed by atoms with Crippen LogP contribution < -0.4 is 5.32 Å². The summed E-state index contributed by atoms with van der Waals surface area (Å²) in [5.74, 6) is 0.848. The van der Waals surface area contributed by atoms with Crippen LogP contribution in [0.3, 0.4) is 0 Å². The zero-order valence-corrected chi connectivity index (χ0v) is 18.6. The molecule has 0 unspecified atom stereocenters. The van der Waals surface area contributed by atoms with Crippen LogP contribution in [0.5, 0.6) is 0 Å². The van der Waals surface area contributed by atoms with E-state index in [1.807, 2.05) is 48.6 Å². The molecule has 1 aliphatic rings. The number of nitrogens with zero attached hydrogens (tertiary/aromatic N) is 4. The monoisotopic (exact) mass is 437 g/mol. The van der Waals surface area contributed by atoms with E-state index < -0.39 is 0 Å². The van der Waals surface area contributed by atoms with Gasteiger partial charge in [0.15, 0.2) is 10.8 Å². The summed E-state index contributed by atoms with van der Waals surface area (Å²) in [4.78, 5) is 20.0. The van der Waals surface area contributed by atoms with Crippen LogP contribution in [-0.2, 0) is 24.2 Å². The molecule has 1 aliphatic carbocycles. The van der Waals surface area contributed by atoms with Crippen molar-refractivity contribution in [3.05, 3.63) is 52.2 Å². The van der Waals surface area contributed by atoms with Crippen LogP contribution in [0, 0.1) is 6.92 Å². The van der Waals surface area contributed by atoms with Crippen molar-refractivity contribution in [1.29, 1.82) is 0 Å². The van der Waals surface area contributed by atoms with E-state index in [9.17, 15) is 4.79 Å². The van der Waals surface area contributed by atoms with Gasteiger partial charge in [-0.15, -0.1) is 21.5 Å². The highest BCUT2D eigenvalue weighted by Gasteiger charge is 2.24. The third-order valence-corrected chi connectivity index (χ3v) is 7.79. The van der Waals surface area contributed by atoms with E-state index in [1.165, 1.54) is 35.0 Å². The highest BCUT2D eigenvalue weighted by molar-refractivity contribution is 8.00. The molecule has 1 atom stereocenters. The maximum Gasteiger partial charge on any atom is 0.233 e. The highest BCUT2D eigenvalue weighted by atomic mass is 32.2. The molecule has 0 saturated heterocycles. The number of rotatable bonds is 5. The maximum absolute atomic E-state index is 12.6. The summed E-state index contributed by atoms with van der Waals surface area (Å²) in [6, 6.07) is 9.93. The molecule has 0 radical (unpaired) electrons. The number of aromatic nitrogens is 4. The summed E-state index contributed by atoms with van der Waals surface area (Å²) >= 11 is 3.22. The van der Waals surface area contributed by atoms with Gasteiger partial charge in [0, 0.05) is 11.4 Å². The number of fused-ring (bicyclic) bond motifs is 5. The summed E-state index contributed by atoms with van der Waals surface area (Å²) in [6.07, 6.45) is 4.69. The summed E-state index contributed by atoms with van der Waals surface area (Å²) < 4.78 is 2.01. The fourth-order valence-electron chi connectivity index (χ4n) is 4.00. The van der Waals surface area contributed by atoms with Gasteiger partial charge in [-0.3, -0.25) is 9.20 Å². The smallest absolute Gasteiger partial charge is 0.233 e. The number of thiophene rings is 1. The Hall–Kier alpha value is -2.45. The standard InChI is InChI=1S/C22H23N5OS2/c1-13(20(28)23-12-15-8-4-3-5-9-15)29-22-26-25-19-18-16-10-6-7-11-17(16)30-21(18)24-14(2)27(19)22/h3-5,8-9,13H,6-7,10-12H2,1-2H3,(H,23,28)/t13-/m1/s1. The molecule has 0 saturated carbocycles. The van der Waals surface area contributed by atoms with E-state index in [1.54, 1.807) is 11.3 Å². The molecule has 8 heteroatoms. The topological polar surface area (TPSA) is 72.2 Å². The number of hydrogen-bond acceptors (Lipinski definition) is 6. The lowest BCUT2D eigenvalue weighted by atomic mass is 9.97. The minimum Gasteiger partial charge on any atom is -0.351 e. The van der Waals surface area contributed by atoms with Gasteiger partial charge in [-0.1, -0.05) is 42.1 Å². The van der Waals surface area contributed by atoms with E-state index in [2.05, 4.69) is 15.5 Å². The molecule has 0 bridgehead atoms. The zero-order chi connectivity index (χ0) is 20.7. The lowest BCUT2D eigenvalue weighted by Gasteiger charge is -2.12. The molecular formula is C22H23N5OS2. The van der Waals surface area contributed by atoms with Gasteiger partial charge in [-0.05, 0) is 50.7 Å². The van der Waals surface area contributed by atoms with Gasteiger partial charge in [-0.25, -0.2) is 4.98 Å². The maximum atomic E-state index is 12.6. The summed E-state index contributed by atoms with van der Waals surface area (Å²) in [5.41, 5.74) is 3.35. The first kappa shape index (κ1) is 19.5. The number of thioether (sulfide) groups is 1. The Morgan fingerprint density at radius 2 is 2.03 bits per heavy atom. The molecule has 0 fully saturated rings. The predicted molar refractivity (Wildman–Crippen MR) is 121 cm³/mol. The van der Waals surface area contributed by atoms with Crippen molar-refractivity contribution >= 4 is 44.9 Å². The zero-order valence-electron chi connectivity index (χ0n) is 17.0. The number of carbonyl (C=O) groups excluding carboxylic acids is 1. The minimum atomic E-state index is -0.285. The molecule has 0 spiro atoms. The third kappa shape index (κ3) is 3.48. The first-order valence-corrected chi connectivity index (χ1v) is 12.0. The molecule has 1 aromatic carbocycles. The Morgan fingerprint density at radius 1 is 1.23 bits per heavy atom. The van der Waals surface area contributed by atoms with Crippen molar-refractivity contribution in [3.63, 3.8) is 0 Å². The van der Waals surface area contributed by atoms with E-state index in [0.717, 1.165) is 45.2 Å². The largest absolute Gasteiger partial charge is 0.351 e. The molecule has 3 heterocycles. The number of aryl methyl sites for hydroxylation is 3. The second kappa shape index (κ2) is 8.00. The second-order valence-electron chi connectivity index (χ2n) is 7.66. The Kier molecular flexibility index (Phi) is 5.20. The first-order valence-electron chi connectivity index (χ1n) is 10.3. The molecule has 0 aliphatic heterocycles. The lowest BCUT2D eigenvalue weighted by Crippen LogP contribution is -2.30. The molecule has 1 amide bonds. The molecule has 5 rings (SSSR count). The Bertz CT molecular complexity index is 1230. The van der Waals surface area contributed by atoms with E-state index in [-0.39, 0.29) is 11.2 Å². The van der Waals surface area contributed by atoms with Crippen molar-refractivity contribution in [3.8, 4) is 0 Å². The van der Waals surface area contributed by atoms with E-state index in [0.29, 0.717) is 6.54 Å². The van der Waals surface area contributed by atoms with Crippen LogP contribution in [0.1, 0.15) is 41.6 Å². The predicted octanol–water partition coefficient (Wildman–Crippen LogP) is 4.32.